The third kappa shape index (κ3) is 3.62. The molecule has 0 spiro atoms. The minimum Gasteiger partial charge on any atom is -0.376 e. The standard InChI is InChI=1S/C19H16F3N3OS/c20-19(21,22)13-1-2-14-15(3-6-23-16(14)9-13)24-10-18(26)25-7-4-17-12(11-25)5-8-27-17/h1-3,5-6,8-9H,4,7,10-11H2,(H,23,24). The number of alkyl halides is 3. The molecule has 140 valence electrons. The van der Waals surface area contributed by atoms with Gasteiger partial charge in [0.15, 0.2) is 0 Å². The molecule has 3 heterocycles. The first-order chi connectivity index (χ1) is 12.9. The average molecular weight is 391 g/mol. The van der Waals surface area contributed by atoms with Crippen LogP contribution >= 0.6 is 11.3 Å². The monoisotopic (exact) mass is 391 g/mol. The van der Waals surface area contributed by atoms with E-state index in [-0.39, 0.29) is 18.0 Å². The van der Waals surface area contributed by atoms with Crippen LogP contribution in [-0.4, -0.2) is 28.9 Å². The van der Waals surface area contributed by atoms with E-state index in [1.54, 1.807) is 22.3 Å². The van der Waals surface area contributed by atoms with Crippen LogP contribution in [0.4, 0.5) is 18.9 Å². The van der Waals surface area contributed by atoms with Gasteiger partial charge in [0.1, 0.15) is 0 Å². The van der Waals surface area contributed by atoms with Gasteiger partial charge in [0, 0.05) is 35.2 Å². The van der Waals surface area contributed by atoms with Gasteiger partial charge in [-0.2, -0.15) is 13.2 Å². The highest BCUT2D eigenvalue weighted by Crippen LogP contribution is 2.32. The maximum Gasteiger partial charge on any atom is 0.416 e. The van der Waals surface area contributed by atoms with Crippen LogP contribution in [0.5, 0.6) is 0 Å². The van der Waals surface area contributed by atoms with E-state index in [9.17, 15) is 18.0 Å². The van der Waals surface area contributed by atoms with Crippen molar-refractivity contribution in [1.82, 2.24) is 9.88 Å². The van der Waals surface area contributed by atoms with Gasteiger partial charge in [0.2, 0.25) is 5.91 Å². The second kappa shape index (κ2) is 6.84. The summed E-state index contributed by atoms with van der Waals surface area (Å²) in [6.07, 6.45) is -2.12. The summed E-state index contributed by atoms with van der Waals surface area (Å²) in [6, 6.07) is 7.14. The van der Waals surface area contributed by atoms with E-state index >= 15 is 0 Å². The first-order valence-corrected chi connectivity index (χ1v) is 9.32. The Morgan fingerprint density at radius 2 is 2.11 bits per heavy atom. The minimum atomic E-state index is -4.41. The van der Waals surface area contributed by atoms with Gasteiger partial charge in [-0.05, 0) is 41.6 Å². The molecule has 3 aromatic rings. The number of nitrogens with one attached hydrogen (secondary N) is 1. The number of hydrogen-bond donors (Lipinski definition) is 1. The highest BCUT2D eigenvalue weighted by Gasteiger charge is 2.30. The van der Waals surface area contributed by atoms with Crippen molar-refractivity contribution in [3.05, 3.63) is 57.9 Å². The number of thiophene rings is 1. The lowest BCUT2D eigenvalue weighted by Gasteiger charge is -2.27. The Morgan fingerprint density at radius 1 is 1.26 bits per heavy atom. The topological polar surface area (TPSA) is 45.2 Å². The van der Waals surface area contributed by atoms with Crippen LogP contribution in [0.2, 0.25) is 0 Å². The van der Waals surface area contributed by atoms with E-state index in [4.69, 9.17) is 0 Å². The fourth-order valence-corrected chi connectivity index (χ4v) is 4.11. The van der Waals surface area contributed by atoms with Gasteiger partial charge < -0.3 is 10.2 Å². The number of hydrogen-bond acceptors (Lipinski definition) is 4. The van der Waals surface area contributed by atoms with Gasteiger partial charge in [-0.25, -0.2) is 0 Å². The molecule has 0 atom stereocenters. The summed E-state index contributed by atoms with van der Waals surface area (Å²) in [7, 11) is 0. The first kappa shape index (κ1) is 17.8. The zero-order valence-corrected chi connectivity index (χ0v) is 15.0. The molecular formula is C19H16F3N3OS. The summed E-state index contributed by atoms with van der Waals surface area (Å²) in [6.45, 7) is 1.37. The quantitative estimate of drug-likeness (QED) is 0.724. The van der Waals surface area contributed by atoms with Crippen molar-refractivity contribution in [2.75, 3.05) is 18.4 Å². The SMILES string of the molecule is O=C(CNc1ccnc2cc(C(F)(F)F)ccc12)N1CCc2sccc2C1. The molecule has 0 aliphatic carbocycles. The zero-order chi connectivity index (χ0) is 19.0. The Hall–Kier alpha value is -2.61. The molecule has 2 aromatic heterocycles. The molecule has 1 N–H and O–H groups in total. The lowest BCUT2D eigenvalue weighted by atomic mass is 10.1. The summed E-state index contributed by atoms with van der Waals surface area (Å²) < 4.78 is 38.6. The van der Waals surface area contributed by atoms with Crippen LogP contribution in [0.15, 0.2) is 41.9 Å². The van der Waals surface area contributed by atoms with Crippen LogP contribution in [-0.2, 0) is 23.9 Å². The minimum absolute atomic E-state index is 0.0382. The molecule has 1 aromatic carbocycles. The predicted molar refractivity (Wildman–Crippen MR) is 98.7 cm³/mol. The molecular weight excluding hydrogens is 375 g/mol. The number of benzene rings is 1. The van der Waals surface area contributed by atoms with Crippen molar-refractivity contribution in [2.24, 2.45) is 0 Å². The predicted octanol–water partition coefficient (Wildman–Crippen LogP) is 4.31. The average Bonchev–Trinajstić information content (AvgIpc) is 3.12. The molecule has 27 heavy (non-hydrogen) atoms. The van der Waals surface area contributed by atoms with Gasteiger partial charge in [-0.15, -0.1) is 11.3 Å². The summed E-state index contributed by atoms with van der Waals surface area (Å²) in [5, 5.41) is 5.64. The van der Waals surface area contributed by atoms with Crippen LogP contribution in [0.25, 0.3) is 10.9 Å². The van der Waals surface area contributed by atoms with Gasteiger partial charge in [-0.3, -0.25) is 9.78 Å². The molecule has 4 rings (SSSR count). The van der Waals surface area contributed by atoms with Crippen LogP contribution in [0.3, 0.4) is 0 Å². The number of nitrogens with zero attached hydrogens (tertiary/aromatic N) is 2. The third-order valence-corrected chi connectivity index (χ3v) is 5.68. The van der Waals surface area contributed by atoms with Crippen molar-refractivity contribution >= 4 is 33.8 Å². The summed E-state index contributed by atoms with van der Waals surface area (Å²) in [5.41, 5.74) is 1.28. The Morgan fingerprint density at radius 3 is 2.93 bits per heavy atom. The van der Waals surface area contributed by atoms with Gasteiger partial charge >= 0.3 is 6.18 Å². The highest BCUT2D eigenvalue weighted by molar-refractivity contribution is 7.10. The number of carbonyl (C=O) groups excluding carboxylic acids is 1. The van der Waals surface area contributed by atoms with E-state index in [1.807, 2.05) is 11.4 Å². The number of amides is 1. The fourth-order valence-electron chi connectivity index (χ4n) is 3.22. The number of carbonyl (C=O) groups is 1. The molecule has 4 nitrogen and oxygen atoms in total. The summed E-state index contributed by atoms with van der Waals surface area (Å²) >= 11 is 1.71. The number of anilines is 1. The highest BCUT2D eigenvalue weighted by atomic mass is 32.1. The fraction of sp³-hybridized carbons (Fsp3) is 0.263. The second-order valence-electron chi connectivity index (χ2n) is 6.38. The van der Waals surface area contributed by atoms with Crippen molar-refractivity contribution in [3.8, 4) is 0 Å². The van der Waals surface area contributed by atoms with E-state index in [1.165, 1.54) is 22.7 Å². The van der Waals surface area contributed by atoms with E-state index in [0.717, 1.165) is 18.6 Å². The second-order valence-corrected chi connectivity index (χ2v) is 7.38. The Balaban J connectivity index is 1.48. The number of rotatable bonds is 3. The van der Waals surface area contributed by atoms with E-state index in [0.29, 0.717) is 24.2 Å². The third-order valence-electron chi connectivity index (χ3n) is 4.66. The van der Waals surface area contributed by atoms with Gasteiger partial charge in [0.05, 0.1) is 17.6 Å². The smallest absolute Gasteiger partial charge is 0.376 e. The summed E-state index contributed by atoms with van der Waals surface area (Å²) in [5.74, 6) is -0.0382. The van der Waals surface area contributed by atoms with Crippen molar-refractivity contribution in [1.29, 1.82) is 0 Å². The largest absolute Gasteiger partial charge is 0.416 e. The number of fused-ring (bicyclic) bond motifs is 2. The van der Waals surface area contributed by atoms with Crippen molar-refractivity contribution in [2.45, 2.75) is 19.1 Å². The van der Waals surface area contributed by atoms with E-state index in [2.05, 4.69) is 10.3 Å². The summed E-state index contributed by atoms with van der Waals surface area (Å²) in [4.78, 5) is 19.7. The lowest BCUT2D eigenvalue weighted by molar-refractivity contribution is -0.137. The van der Waals surface area contributed by atoms with Gasteiger partial charge in [0.25, 0.3) is 0 Å². The molecule has 0 bridgehead atoms. The Bertz CT molecular complexity index is 999. The van der Waals surface area contributed by atoms with Crippen LogP contribution in [0.1, 0.15) is 16.0 Å². The maximum atomic E-state index is 12.9. The Kier molecular flexibility index (Phi) is 4.51. The zero-order valence-electron chi connectivity index (χ0n) is 14.2. The maximum absolute atomic E-state index is 12.9. The molecule has 0 fully saturated rings. The number of pyridine rings is 1. The number of halogens is 3. The molecule has 1 amide bonds. The molecule has 1 aliphatic heterocycles. The molecule has 0 unspecified atom stereocenters. The van der Waals surface area contributed by atoms with Crippen molar-refractivity contribution in [3.63, 3.8) is 0 Å². The normalized spacial score (nSPS) is 14.3. The molecule has 0 radical (unpaired) electrons. The molecule has 0 saturated carbocycles. The van der Waals surface area contributed by atoms with Crippen LogP contribution in [0, 0.1) is 0 Å². The van der Waals surface area contributed by atoms with Gasteiger partial charge in [-0.1, -0.05) is 6.07 Å². The lowest BCUT2D eigenvalue weighted by Crippen LogP contribution is -2.38. The van der Waals surface area contributed by atoms with Crippen molar-refractivity contribution < 1.29 is 18.0 Å². The first-order valence-electron chi connectivity index (χ1n) is 8.45. The van der Waals surface area contributed by atoms with Crippen LogP contribution < -0.4 is 5.32 Å². The Labute approximate surface area is 157 Å². The molecule has 8 heteroatoms. The molecule has 1 aliphatic rings. The van der Waals surface area contributed by atoms with E-state index < -0.39 is 11.7 Å². The number of aromatic nitrogens is 1. The molecule has 0 saturated heterocycles.